The summed E-state index contributed by atoms with van der Waals surface area (Å²) < 4.78 is 205. The van der Waals surface area contributed by atoms with Gasteiger partial charge in [-0.2, -0.15) is 0 Å². The molecule has 0 aliphatic carbocycles. The van der Waals surface area contributed by atoms with Crippen LogP contribution in [0.5, 0.6) is 0 Å². The number of hydrogen-bond acceptors (Lipinski definition) is 3. The zero-order valence-corrected chi connectivity index (χ0v) is 60.6. The Morgan fingerprint density at radius 1 is 0.305 bits per heavy atom. The van der Waals surface area contributed by atoms with E-state index in [-0.39, 0.29) is 66.1 Å². The minimum atomic E-state index is -1.02. The third kappa shape index (κ3) is 10.8. The van der Waals surface area contributed by atoms with E-state index >= 15 is 0 Å². The van der Waals surface area contributed by atoms with Gasteiger partial charge in [-0.25, -0.2) is 0 Å². The number of rotatable bonds is 9. The van der Waals surface area contributed by atoms with Crippen molar-refractivity contribution < 1.29 is 28.8 Å². The Morgan fingerprint density at radius 2 is 0.695 bits per heavy atom. The molecule has 6 heteroatoms. The third-order valence-electron chi connectivity index (χ3n) is 20.7. The molecular formula is C99H86BN5. The maximum absolute atomic E-state index is 10.3. The number of nitrogens with zero attached hydrogens (tertiary/aromatic N) is 5. The van der Waals surface area contributed by atoms with Gasteiger partial charge in [0.05, 0.1) is 73.6 Å². The van der Waals surface area contributed by atoms with Gasteiger partial charge < -0.3 is 18.9 Å². The lowest BCUT2D eigenvalue weighted by atomic mass is 9.33. The van der Waals surface area contributed by atoms with Crippen LogP contribution in [-0.2, 0) is 21.7 Å². The lowest BCUT2D eigenvalue weighted by Gasteiger charge is -2.46. The van der Waals surface area contributed by atoms with Crippen LogP contribution >= 0.6 is 0 Å². The molecule has 3 aromatic heterocycles. The molecular weight excluding hydrogens is 1270 g/mol. The number of fused-ring (bicyclic) bond motifs is 10. The summed E-state index contributed by atoms with van der Waals surface area (Å²) >= 11 is 0. The summed E-state index contributed by atoms with van der Waals surface area (Å²) in [4.78, 5) is 9.95. The Morgan fingerprint density at radius 3 is 1.13 bits per heavy atom. The van der Waals surface area contributed by atoms with E-state index in [9.17, 15) is 24.7 Å². The second-order valence-electron chi connectivity index (χ2n) is 31.6. The molecule has 0 saturated carbocycles. The molecule has 0 bridgehead atoms. The largest absolute Gasteiger partial charge is 0.310 e. The molecule has 0 spiro atoms. The fourth-order valence-corrected chi connectivity index (χ4v) is 15.6. The number of anilines is 6. The standard InChI is InChI=1S/C99H86BN5/c1-96(2,3)68-56-77(64-35-19-14-20-36-64)93(78(57-68)65-37-21-15-22-38-65)105-88-60-70(102-83-45-29-25-41-72(83)73-42-26-30-46-84(73)102)50-53-82(88)100-81-52-49-67(63-33-17-13-18-34-63)55-87(81)104(89-61-71(62-90(105)92(89)100)103-85-47-31-27-43-74(85)75-44-28-32-48-86(75)103)94-79(66-39-23-16-24-40-66)58-69(97(4,5)6)59-80(94)76-51-54-91(98(7,8)9)101-95(76)99(10,11)12/h13-62H,1-12H3/i13D,17D,18D,25D,26D,27D,28D,29D,30D,31D,32D,33D,34D,41D,42D,43D,44D,45D,46D,47D,48D. The SMILES string of the molecule is [2H]c1c([2H])c([2H])c(-c2ccc3c(c2)N(c2c(-c4ccccc4)cc(C(C)(C)C)cc2-c2ccc(C(C)(C)C)nc2C(C)(C)C)c2cc(-n4c5c([2H])c([2H])c([2H])c([2H])c5c5c([2H])c([2H])c([2H])c([2H])c54)cc4c2B3c2ccc(-n3c5c([2H])c([2H])c([2H])c([2H])c5c5c([2H])c([2H])c([2H])c([2H])c53)cc2N4c2c(-c3ccccc3)cc(C(C)(C)C)cc2-c2ccccc2)c([2H])c1[2H]. The monoisotopic (exact) mass is 1380 g/mol. The van der Waals surface area contributed by atoms with E-state index < -0.39 is 155 Å². The van der Waals surface area contributed by atoms with Crippen molar-refractivity contribution in [2.24, 2.45) is 0 Å². The third-order valence-corrected chi connectivity index (χ3v) is 20.7. The van der Waals surface area contributed by atoms with E-state index in [4.69, 9.17) is 9.10 Å². The summed E-state index contributed by atoms with van der Waals surface area (Å²) in [6.45, 7) is 24.5. The summed E-state index contributed by atoms with van der Waals surface area (Å²) in [6.07, 6.45) is 0. The first-order valence-corrected chi connectivity index (χ1v) is 35.6. The quantitative estimate of drug-likeness (QED) is 0.135. The van der Waals surface area contributed by atoms with Gasteiger partial charge in [0.25, 0.3) is 6.71 Å². The normalized spacial score (nSPS) is 15.9. The Hall–Kier alpha value is -11.7. The number of benzene rings is 13. The fraction of sp³-hybridized carbons (Fsp3) is 0.162. The van der Waals surface area contributed by atoms with Crippen molar-refractivity contribution in [1.29, 1.82) is 0 Å². The number of para-hydroxylation sites is 4. The summed E-state index contributed by atoms with van der Waals surface area (Å²) in [7, 11) is 0. The minimum Gasteiger partial charge on any atom is -0.310 e. The topological polar surface area (TPSA) is 29.2 Å². The molecule has 0 radical (unpaired) electrons. The van der Waals surface area contributed by atoms with Crippen LogP contribution in [0, 0.1) is 0 Å². The zero-order chi connectivity index (χ0) is 90.3. The molecule has 5 nitrogen and oxygen atoms in total. The highest BCUT2D eigenvalue weighted by atomic mass is 15.2. The van der Waals surface area contributed by atoms with Crippen LogP contribution in [0.1, 0.15) is 134 Å². The maximum Gasteiger partial charge on any atom is 0.252 e. The first-order valence-electron chi connectivity index (χ1n) is 46.1. The van der Waals surface area contributed by atoms with E-state index in [1.807, 2.05) is 127 Å². The molecule has 0 N–H and O–H groups in total. The van der Waals surface area contributed by atoms with Gasteiger partial charge in [0.2, 0.25) is 0 Å². The lowest BCUT2D eigenvalue weighted by molar-refractivity contribution is 0.532. The predicted octanol–water partition coefficient (Wildman–Crippen LogP) is 24.9. The van der Waals surface area contributed by atoms with Crippen molar-refractivity contribution in [2.75, 3.05) is 9.80 Å². The van der Waals surface area contributed by atoms with Crippen molar-refractivity contribution in [3.63, 3.8) is 0 Å². The van der Waals surface area contributed by atoms with E-state index in [0.29, 0.717) is 72.8 Å². The van der Waals surface area contributed by atoms with E-state index in [1.165, 1.54) is 9.13 Å². The van der Waals surface area contributed by atoms with Gasteiger partial charge >= 0.3 is 0 Å². The van der Waals surface area contributed by atoms with Gasteiger partial charge in [0.15, 0.2) is 0 Å². The van der Waals surface area contributed by atoms with Gasteiger partial charge in [-0.1, -0.05) is 301 Å². The maximum atomic E-state index is 10.3. The molecule has 0 unspecified atom stereocenters. The second kappa shape index (κ2) is 24.5. The molecule has 105 heavy (non-hydrogen) atoms. The van der Waals surface area contributed by atoms with Gasteiger partial charge in [0, 0.05) is 94.3 Å². The Balaban J connectivity index is 1.15. The predicted molar refractivity (Wildman–Crippen MR) is 449 cm³/mol. The summed E-state index contributed by atoms with van der Waals surface area (Å²) in [5.74, 6) is 0. The molecule has 0 fully saturated rings. The first kappa shape index (κ1) is 46.1. The van der Waals surface area contributed by atoms with Crippen molar-refractivity contribution >= 4 is 101 Å². The van der Waals surface area contributed by atoms with Crippen molar-refractivity contribution in [2.45, 2.75) is 105 Å². The average Bonchev–Trinajstić information content (AvgIpc) is 0.959. The first-order chi connectivity index (χ1) is 59.4. The van der Waals surface area contributed by atoms with E-state index in [0.717, 1.165) is 44.8 Å². The van der Waals surface area contributed by atoms with Crippen molar-refractivity contribution in [3.8, 4) is 67.0 Å². The molecule has 0 amide bonds. The second-order valence-corrected chi connectivity index (χ2v) is 31.6. The minimum absolute atomic E-state index is 0.0984. The van der Waals surface area contributed by atoms with Crippen molar-refractivity contribution in [1.82, 2.24) is 14.1 Å². The Kier molecular flexibility index (Phi) is 10.7. The fourth-order valence-electron chi connectivity index (χ4n) is 15.6. The van der Waals surface area contributed by atoms with Crippen molar-refractivity contribution in [3.05, 3.63) is 325 Å². The average molecular weight is 1380 g/mol. The molecule has 16 aromatic rings. The number of hydrogen-bond donors (Lipinski definition) is 0. The van der Waals surface area contributed by atoms with Crippen LogP contribution in [0.3, 0.4) is 0 Å². The van der Waals surface area contributed by atoms with Crippen LogP contribution in [0.2, 0.25) is 0 Å². The van der Waals surface area contributed by atoms with E-state index in [2.05, 4.69) is 129 Å². The molecule has 2 aliphatic rings. The molecule has 5 heterocycles. The van der Waals surface area contributed by atoms with Crippen LogP contribution in [0.15, 0.2) is 303 Å². The highest BCUT2D eigenvalue weighted by Gasteiger charge is 2.47. The summed E-state index contributed by atoms with van der Waals surface area (Å²) in [5, 5.41) is -0.721. The Bertz CT molecular complexity index is 7220. The molecule has 0 saturated heterocycles. The van der Waals surface area contributed by atoms with Crippen LogP contribution in [-0.4, -0.2) is 20.8 Å². The number of aromatic nitrogens is 3. The smallest absolute Gasteiger partial charge is 0.252 e. The molecule has 2 aliphatic heterocycles. The summed E-state index contributed by atoms with van der Waals surface area (Å²) in [5.41, 5.74) is 10.8. The highest BCUT2D eigenvalue weighted by molar-refractivity contribution is 7.00. The highest BCUT2D eigenvalue weighted by Crippen LogP contribution is 2.56. The van der Waals surface area contributed by atoms with E-state index in [1.54, 1.807) is 12.1 Å². The number of pyridine rings is 1. The zero-order valence-electron chi connectivity index (χ0n) is 81.6. The van der Waals surface area contributed by atoms with Gasteiger partial charge in [-0.15, -0.1) is 0 Å². The molecule has 510 valence electrons. The summed E-state index contributed by atoms with van der Waals surface area (Å²) in [6, 6.07) is 44.8. The Labute approximate surface area is 648 Å². The van der Waals surface area contributed by atoms with Crippen LogP contribution in [0.4, 0.5) is 34.1 Å². The van der Waals surface area contributed by atoms with Gasteiger partial charge in [-0.05, 0) is 151 Å². The van der Waals surface area contributed by atoms with Crippen LogP contribution < -0.4 is 26.2 Å². The van der Waals surface area contributed by atoms with Gasteiger partial charge in [0.1, 0.15) is 0 Å². The lowest BCUT2D eigenvalue weighted by Crippen LogP contribution is -2.61. The molecule has 13 aromatic carbocycles. The molecule has 18 rings (SSSR count). The van der Waals surface area contributed by atoms with Gasteiger partial charge in [-0.3, -0.25) is 4.98 Å². The van der Waals surface area contributed by atoms with Crippen LogP contribution in [0.25, 0.3) is 111 Å². The molecule has 0 atom stereocenters.